The van der Waals surface area contributed by atoms with Gasteiger partial charge in [0.2, 0.25) is 16.4 Å². The van der Waals surface area contributed by atoms with E-state index in [0.29, 0.717) is 4.90 Å². The maximum atomic E-state index is 13.7. The van der Waals surface area contributed by atoms with E-state index in [0.717, 1.165) is 16.1 Å². The van der Waals surface area contributed by atoms with Crippen molar-refractivity contribution >= 4 is 58.2 Å². The van der Waals surface area contributed by atoms with Crippen LogP contribution in [-0.4, -0.2) is 106 Å². The summed E-state index contributed by atoms with van der Waals surface area (Å²) in [5, 5.41) is 34.9. The highest BCUT2D eigenvalue weighted by atomic mass is 32.1. The number of imide groups is 1. The predicted octanol–water partition coefficient (Wildman–Crippen LogP) is 2.83. The molecule has 5 amide bonds. The second-order valence-electron chi connectivity index (χ2n) is 15.7. The van der Waals surface area contributed by atoms with Gasteiger partial charge in [-0.1, -0.05) is 5.16 Å². The van der Waals surface area contributed by atoms with Crippen LogP contribution in [0.4, 0.5) is 19.5 Å². The third-order valence-electron chi connectivity index (χ3n) is 7.27. The van der Waals surface area contributed by atoms with E-state index in [2.05, 4.69) is 46.3 Å². The molecule has 2 atom stereocenters. The van der Waals surface area contributed by atoms with E-state index >= 15 is 0 Å². The molecule has 2 fully saturated rings. The maximum Gasteiger partial charge on any atom is 0.420 e. The Labute approximate surface area is 324 Å². The summed E-state index contributed by atoms with van der Waals surface area (Å²) in [5.41, 5.74) is 2.36. The molecular formula is C32H45N12O11S+. The zero-order valence-electron chi connectivity index (χ0n) is 32.3. The highest BCUT2D eigenvalue weighted by molar-refractivity contribution is 7.14. The van der Waals surface area contributed by atoms with Crippen LogP contribution in [0.15, 0.2) is 15.7 Å². The van der Waals surface area contributed by atoms with Gasteiger partial charge < -0.3 is 34.8 Å². The number of aromatic nitrogens is 4. The average Bonchev–Trinajstić information content (AvgIpc) is 3.55. The number of β-lactam (4-membered cyclic amide) rings is 1. The van der Waals surface area contributed by atoms with Crippen LogP contribution in [-0.2, 0) is 53.1 Å². The number of nitrogens with one attached hydrogen (secondary N) is 4. The standard InChI is InChI=1S/C32H44N12O11S/c1-29(2,3)52-26(49)38-25-36-19(15-56-25)21(41-55-32(10-11-32)24(47)48)23(46)37-20-18(35-22(20)45)14-44-39-16(12-34-42-33)17(40-44)13-43(27(50)53-30(4,5)6)28(51)54-31(7,8)9/h15,18,20,33H,10-14H2,1-9H3,(H3-,35,36,37,38,45,46,47,48,49)/p+1/t18-,20+/m1/s1. The Kier molecular flexibility index (Phi) is 12.5. The third-order valence-corrected chi connectivity index (χ3v) is 8.02. The fourth-order valence-corrected chi connectivity index (χ4v) is 5.29. The van der Waals surface area contributed by atoms with Gasteiger partial charge in [0.15, 0.2) is 17.4 Å². The number of hydrogen-bond donors (Lipinski definition) is 5. The molecule has 4 rings (SSSR count). The number of carbonyl (C=O) groups excluding carboxylic acids is 5. The number of ether oxygens (including phenoxy) is 3. The largest absolute Gasteiger partial charge is 0.478 e. The first-order chi connectivity index (χ1) is 25.9. The molecular weight excluding hydrogens is 760 g/mol. The second-order valence-corrected chi connectivity index (χ2v) is 16.5. The van der Waals surface area contributed by atoms with Crippen LogP contribution < -0.4 is 20.9 Å². The highest BCUT2D eigenvalue weighted by Gasteiger charge is 2.55. The predicted molar refractivity (Wildman–Crippen MR) is 192 cm³/mol. The van der Waals surface area contributed by atoms with Gasteiger partial charge in [0.05, 0.1) is 19.1 Å². The molecule has 304 valence electrons. The summed E-state index contributed by atoms with van der Waals surface area (Å²) in [6.07, 6.45) is -2.55. The van der Waals surface area contributed by atoms with Crippen LogP contribution in [0.5, 0.6) is 0 Å². The zero-order chi connectivity index (χ0) is 41.8. The van der Waals surface area contributed by atoms with E-state index in [1.54, 1.807) is 62.3 Å². The Morgan fingerprint density at radius 2 is 1.61 bits per heavy atom. The molecule has 0 unspecified atom stereocenters. The number of amides is 5. The fraction of sp³-hybridized carbons (Fsp3) is 0.625. The van der Waals surface area contributed by atoms with Gasteiger partial charge in [0.25, 0.3) is 5.91 Å². The second kappa shape index (κ2) is 16.4. The summed E-state index contributed by atoms with van der Waals surface area (Å²) in [4.78, 5) is 91.1. The van der Waals surface area contributed by atoms with Crippen molar-refractivity contribution in [3.05, 3.63) is 22.5 Å². The minimum Gasteiger partial charge on any atom is -0.478 e. The number of oxime groups is 1. The number of hydrogen-bond acceptors (Lipinski definition) is 17. The first-order valence-electron chi connectivity index (χ1n) is 17.1. The van der Waals surface area contributed by atoms with Gasteiger partial charge in [0, 0.05) is 18.2 Å². The van der Waals surface area contributed by atoms with Crippen molar-refractivity contribution < 1.29 is 52.9 Å². The summed E-state index contributed by atoms with van der Waals surface area (Å²) in [6, 6.07) is -2.01. The monoisotopic (exact) mass is 805 g/mol. The zero-order valence-corrected chi connectivity index (χ0v) is 33.1. The molecule has 1 aliphatic heterocycles. The molecule has 1 saturated heterocycles. The summed E-state index contributed by atoms with van der Waals surface area (Å²) < 4.78 is 16.1. The van der Waals surface area contributed by atoms with Gasteiger partial charge in [-0.3, -0.25) is 14.9 Å². The van der Waals surface area contributed by atoms with E-state index in [1.807, 2.05) is 0 Å². The normalized spacial score (nSPS) is 17.6. The number of carboxylic acid groups (broad SMARTS) is 1. The maximum absolute atomic E-state index is 13.7. The first-order valence-corrected chi connectivity index (χ1v) is 18.0. The molecule has 2 aromatic rings. The van der Waals surface area contributed by atoms with Crippen molar-refractivity contribution in [3.8, 4) is 0 Å². The Bertz CT molecular complexity index is 1920. The van der Waals surface area contributed by atoms with E-state index in [-0.39, 0.29) is 48.1 Å². The highest BCUT2D eigenvalue weighted by Crippen LogP contribution is 2.40. The number of rotatable bonds is 13. The summed E-state index contributed by atoms with van der Waals surface area (Å²) in [5.74, 6) is -2.82. The van der Waals surface area contributed by atoms with Gasteiger partial charge in [-0.2, -0.15) is 15.0 Å². The quantitative estimate of drug-likeness (QED) is 0.0486. The van der Waals surface area contributed by atoms with E-state index in [4.69, 9.17) is 24.6 Å². The Hall–Kier alpha value is -6.03. The van der Waals surface area contributed by atoms with Crippen molar-refractivity contribution in [2.75, 3.05) is 5.32 Å². The number of nitrogens with zero attached hydrogens (tertiary/aromatic N) is 8. The number of carboxylic acids is 1. The van der Waals surface area contributed by atoms with Crippen LogP contribution in [0.25, 0.3) is 0 Å². The smallest absolute Gasteiger partial charge is 0.420 e. The Morgan fingerprint density at radius 3 is 2.12 bits per heavy atom. The van der Waals surface area contributed by atoms with Gasteiger partial charge in [-0.25, -0.2) is 29.1 Å². The van der Waals surface area contributed by atoms with Crippen molar-refractivity contribution in [3.63, 3.8) is 0 Å². The van der Waals surface area contributed by atoms with Crippen LogP contribution >= 0.6 is 11.3 Å². The number of thiazole rings is 1. The van der Waals surface area contributed by atoms with E-state index < -0.39 is 82.8 Å². The van der Waals surface area contributed by atoms with Gasteiger partial charge in [-0.15, -0.1) is 11.3 Å². The van der Waals surface area contributed by atoms with Crippen LogP contribution in [0.3, 0.4) is 0 Å². The van der Waals surface area contributed by atoms with E-state index in [9.17, 15) is 33.9 Å². The van der Waals surface area contributed by atoms with Gasteiger partial charge in [0.1, 0.15) is 50.6 Å². The first kappa shape index (κ1) is 42.7. The molecule has 2 aromatic heterocycles. The topological polar surface area (TPSA) is 305 Å². The molecule has 3 heterocycles. The van der Waals surface area contributed by atoms with Crippen LogP contribution in [0.1, 0.15) is 92.2 Å². The molecule has 0 aromatic carbocycles. The lowest BCUT2D eigenvalue weighted by Crippen LogP contribution is -2.70. The van der Waals surface area contributed by atoms with Crippen molar-refractivity contribution in [1.29, 1.82) is 5.53 Å². The number of aliphatic carboxylic acids is 1. The van der Waals surface area contributed by atoms with Crippen LogP contribution in [0, 0.1) is 5.53 Å². The van der Waals surface area contributed by atoms with Gasteiger partial charge in [-0.05, 0) is 62.3 Å². The number of anilines is 1. The molecule has 23 nitrogen and oxygen atoms in total. The molecule has 0 spiro atoms. The summed E-state index contributed by atoms with van der Waals surface area (Å²) >= 11 is 0.926. The minimum absolute atomic E-state index is 0.0339. The van der Waals surface area contributed by atoms with Crippen molar-refractivity contribution in [1.82, 2.24) is 40.4 Å². The van der Waals surface area contributed by atoms with Crippen molar-refractivity contribution in [2.45, 2.75) is 129 Å². The molecule has 2 aliphatic rings. The van der Waals surface area contributed by atoms with Gasteiger partial charge >= 0.3 is 24.2 Å². The molecule has 56 heavy (non-hydrogen) atoms. The SMILES string of the molecule is CC(C)(C)OC(=O)Nc1nc(C(=NOC2(C(=O)O)CC2)C(=O)N[C@@H]2C(=O)N[C@@H]2Cn2nc(CN=[N+]=N)c(CN(C(=O)OC(C)(C)C)C(=O)OC(C)(C)C)n2)cs1. The molecule has 0 bridgehead atoms. The molecule has 24 heteroatoms. The minimum atomic E-state index is -1.63. The summed E-state index contributed by atoms with van der Waals surface area (Å²) in [6.45, 7) is 13.9. The van der Waals surface area contributed by atoms with Crippen LogP contribution in [0.2, 0.25) is 0 Å². The molecule has 1 aliphatic carbocycles. The molecule has 5 N–H and O–H groups in total. The number of carbonyl (C=O) groups is 6. The summed E-state index contributed by atoms with van der Waals surface area (Å²) in [7, 11) is 0. The van der Waals surface area contributed by atoms with E-state index in [1.165, 1.54) is 5.38 Å². The Balaban J connectivity index is 1.56. The third kappa shape index (κ3) is 11.7. The molecule has 1 saturated carbocycles. The fourth-order valence-electron chi connectivity index (χ4n) is 4.60. The average molecular weight is 806 g/mol. The molecule has 0 radical (unpaired) electrons. The lowest BCUT2D eigenvalue weighted by Gasteiger charge is -2.36. The Morgan fingerprint density at radius 1 is 1.02 bits per heavy atom. The lowest BCUT2D eigenvalue weighted by molar-refractivity contribution is -0.153. The van der Waals surface area contributed by atoms with Crippen molar-refractivity contribution in [2.24, 2.45) is 10.3 Å². The lowest BCUT2D eigenvalue weighted by atomic mass is 9.98.